The molecule has 9 heteroatoms. The molecule has 4 aliphatic rings. The molecular weight excluding hydrogens is 596 g/mol. The van der Waals surface area contributed by atoms with Gasteiger partial charge in [-0.1, -0.05) is 27.7 Å². The summed E-state index contributed by atoms with van der Waals surface area (Å²) in [5.41, 5.74) is 11.8. The minimum Gasteiger partial charge on any atom is -0.480 e. The van der Waals surface area contributed by atoms with E-state index in [0.717, 1.165) is 58.3 Å². The number of fused-ring (bicyclic) bond motifs is 5. The molecule has 0 radical (unpaired) electrons. The zero-order valence-corrected chi connectivity index (χ0v) is 30.3. The number of Topliss-reactive ketones (excluding diaryl/α,β-unsaturated/α-hetero) is 1. The van der Waals surface area contributed by atoms with Crippen LogP contribution in [0.3, 0.4) is 0 Å². The molecule has 0 amide bonds. The lowest BCUT2D eigenvalue weighted by Gasteiger charge is -2.62. The second kappa shape index (κ2) is 17.3. The van der Waals surface area contributed by atoms with Gasteiger partial charge in [0, 0.05) is 29.9 Å². The third-order valence-electron chi connectivity index (χ3n) is 13.6. The van der Waals surface area contributed by atoms with Crippen LogP contribution in [0.1, 0.15) is 111 Å². The van der Waals surface area contributed by atoms with E-state index < -0.39 is 12.0 Å². The fourth-order valence-corrected chi connectivity index (χ4v) is 11.8. The topological polar surface area (TPSA) is 151 Å². The van der Waals surface area contributed by atoms with Crippen LogP contribution < -0.4 is 22.1 Å². The Kier molecular flexibility index (Phi) is 14.3. The van der Waals surface area contributed by atoms with Crippen LogP contribution >= 0.6 is 11.8 Å². The highest BCUT2D eigenvalue weighted by Gasteiger charge is 2.62. The van der Waals surface area contributed by atoms with Crippen LogP contribution in [0.25, 0.3) is 0 Å². The summed E-state index contributed by atoms with van der Waals surface area (Å²) in [6.07, 6.45) is 14.4. The van der Waals surface area contributed by atoms with Gasteiger partial charge in [-0.2, -0.15) is 11.8 Å². The van der Waals surface area contributed by atoms with Crippen LogP contribution in [0.5, 0.6) is 0 Å². The van der Waals surface area contributed by atoms with E-state index in [1.807, 2.05) is 6.92 Å². The Morgan fingerprint density at radius 3 is 2.39 bits per heavy atom. The van der Waals surface area contributed by atoms with Crippen molar-refractivity contribution >= 4 is 23.5 Å². The third-order valence-corrected chi connectivity index (χ3v) is 14.9. The highest BCUT2D eigenvalue weighted by atomic mass is 32.2. The monoisotopic (exact) mass is 664 g/mol. The second-order valence-corrected chi connectivity index (χ2v) is 17.5. The first-order valence-corrected chi connectivity index (χ1v) is 20.0. The Balaban J connectivity index is 1.25. The molecule has 0 bridgehead atoms. The van der Waals surface area contributed by atoms with Gasteiger partial charge in [0.25, 0.3) is 0 Å². The van der Waals surface area contributed by atoms with Gasteiger partial charge in [0.05, 0.1) is 6.10 Å². The van der Waals surface area contributed by atoms with Gasteiger partial charge in [-0.25, -0.2) is 0 Å². The summed E-state index contributed by atoms with van der Waals surface area (Å²) in [5.74, 6) is 3.52. The van der Waals surface area contributed by atoms with Crippen molar-refractivity contribution < 1.29 is 19.8 Å². The Hall–Kier alpha value is -0.710. The number of carbonyl (C=O) groups excluding carboxylic acids is 1. The number of aliphatic hydroxyl groups is 1. The third kappa shape index (κ3) is 8.90. The summed E-state index contributed by atoms with van der Waals surface area (Å²) in [7, 11) is 0. The highest BCUT2D eigenvalue weighted by Crippen LogP contribution is 2.68. The zero-order valence-electron chi connectivity index (χ0n) is 29.5. The number of hydrogen-bond acceptors (Lipinski definition) is 8. The molecule has 6 unspecified atom stereocenters. The SMILES string of the molecule is CC(CSCC(N)C(=O)O)C(=O)CC[C@@H](C)[C@H]1CCC2C3C(CC[C@@]21C)[C@@]1(C)CC[C@H](NCCCNCCCCN)CC1C[C@H]3O. The number of carbonyl (C=O) groups is 2. The quantitative estimate of drug-likeness (QED) is 0.104. The Morgan fingerprint density at radius 2 is 1.65 bits per heavy atom. The van der Waals surface area contributed by atoms with Gasteiger partial charge in [-0.05, 0) is 150 Å². The van der Waals surface area contributed by atoms with Crippen LogP contribution in [0, 0.1) is 52.3 Å². The van der Waals surface area contributed by atoms with Crippen molar-refractivity contribution in [1.82, 2.24) is 10.6 Å². The normalized spacial score (nSPS) is 37.5. The van der Waals surface area contributed by atoms with Crippen molar-refractivity contribution in [1.29, 1.82) is 0 Å². The van der Waals surface area contributed by atoms with Crippen LogP contribution in [0.2, 0.25) is 0 Å². The molecule has 0 aromatic heterocycles. The van der Waals surface area contributed by atoms with Crippen molar-refractivity contribution in [3.63, 3.8) is 0 Å². The largest absolute Gasteiger partial charge is 0.480 e. The van der Waals surface area contributed by atoms with E-state index >= 15 is 0 Å². The van der Waals surface area contributed by atoms with Crippen molar-refractivity contribution in [3.05, 3.63) is 0 Å². The van der Waals surface area contributed by atoms with Crippen molar-refractivity contribution in [2.45, 2.75) is 129 Å². The van der Waals surface area contributed by atoms with Gasteiger partial charge < -0.3 is 32.3 Å². The Labute approximate surface area is 284 Å². The van der Waals surface area contributed by atoms with Crippen LogP contribution in [-0.4, -0.2) is 77.8 Å². The lowest BCUT2D eigenvalue weighted by Crippen LogP contribution is -2.59. The van der Waals surface area contributed by atoms with E-state index in [4.69, 9.17) is 16.6 Å². The van der Waals surface area contributed by atoms with Gasteiger partial charge in [-0.15, -0.1) is 0 Å². The minimum atomic E-state index is -0.989. The van der Waals surface area contributed by atoms with Crippen LogP contribution in [0.4, 0.5) is 0 Å². The molecule has 0 saturated heterocycles. The predicted molar refractivity (Wildman–Crippen MR) is 190 cm³/mol. The molecule has 8 N–H and O–H groups in total. The lowest BCUT2D eigenvalue weighted by molar-refractivity contribution is -0.167. The molecule has 0 aromatic carbocycles. The van der Waals surface area contributed by atoms with E-state index in [9.17, 15) is 14.7 Å². The molecule has 4 rings (SSSR count). The first kappa shape index (κ1) is 38.1. The standard InChI is InChI=1S/C37H68N4O4S/c1-24(8-11-32(42)25(2)22-46-23-31(39)35(44)45)28-9-10-29-34-30(13-15-37(28,29)4)36(3)14-12-27(20-26(36)21-33(34)43)41-19-7-18-40-17-6-5-16-38/h24-31,33-34,40-41,43H,5-23,38-39H2,1-4H3,(H,44,45)/t24-,25?,26?,27+,28-,29?,30?,31?,33-,34?,36+,37-/m1/s1. The number of rotatable bonds is 19. The molecule has 0 heterocycles. The van der Waals surface area contributed by atoms with Crippen molar-refractivity contribution in [3.8, 4) is 0 Å². The average molecular weight is 665 g/mol. The van der Waals surface area contributed by atoms with E-state index in [1.165, 1.54) is 56.7 Å². The molecular formula is C37H68N4O4S. The summed E-state index contributed by atoms with van der Waals surface area (Å²) in [6.45, 7) is 13.4. The number of aliphatic carboxylic acids is 1. The van der Waals surface area contributed by atoms with Gasteiger partial charge in [0.15, 0.2) is 0 Å². The number of thioether (sulfide) groups is 1. The number of aliphatic hydroxyl groups excluding tert-OH is 1. The molecule has 12 atom stereocenters. The maximum absolute atomic E-state index is 13.0. The number of carboxylic acid groups (broad SMARTS) is 1. The fraction of sp³-hybridized carbons (Fsp3) is 0.946. The number of hydrogen-bond donors (Lipinski definition) is 6. The fourth-order valence-electron chi connectivity index (χ4n) is 10.8. The summed E-state index contributed by atoms with van der Waals surface area (Å²) in [5, 5.41) is 28.2. The summed E-state index contributed by atoms with van der Waals surface area (Å²) in [6, 6.07) is -0.294. The Bertz CT molecular complexity index is 987. The van der Waals surface area contributed by atoms with E-state index in [-0.39, 0.29) is 23.2 Å². The van der Waals surface area contributed by atoms with E-state index in [2.05, 4.69) is 31.4 Å². The maximum Gasteiger partial charge on any atom is 0.321 e. The maximum atomic E-state index is 13.0. The smallest absolute Gasteiger partial charge is 0.321 e. The number of nitrogens with two attached hydrogens (primary N) is 2. The first-order valence-electron chi connectivity index (χ1n) is 18.8. The van der Waals surface area contributed by atoms with Crippen molar-refractivity contribution in [2.75, 3.05) is 37.7 Å². The van der Waals surface area contributed by atoms with Crippen LogP contribution in [0.15, 0.2) is 0 Å². The number of unbranched alkanes of at least 4 members (excludes halogenated alkanes) is 1. The summed E-state index contributed by atoms with van der Waals surface area (Å²) >= 11 is 1.47. The zero-order chi connectivity index (χ0) is 33.5. The number of carboxylic acids is 1. The minimum absolute atomic E-state index is 0.0782. The number of ketones is 1. The average Bonchev–Trinajstić information content (AvgIpc) is 3.38. The highest BCUT2D eigenvalue weighted by molar-refractivity contribution is 7.99. The molecule has 46 heavy (non-hydrogen) atoms. The van der Waals surface area contributed by atoms with Crippen LogP contribution in [-0.2, 0) is 9.59 Å². The summed E-state index contributed by atoms with van der Waals surface area (Å²) < 4.78 is 0. The van der Waals surface area contributed by atoms with E-state index in [1.54, 1.807) is 0 Å². The molecule has 0 spiro atoms. The molecule has 8 nitrogen and oxygen atoms in total. The van der Waals surface area contributed by atoms with Gasteiger partial charge in [0.1, 0.15) is 11.8 Å². The number of nitrogens with one attached hydrogen (secondary N) is 2. The molecule has 0 aromatic rings. The van der Waals surface area contributed by atoms with Crippen molar-refractivity contribution in [2.24, 2.45) is 63.7 Å². The van der Waals surface area contributed by atoms with Gasteiger partial charge >= 0.3 is 5.97 Å². The molecule has 266 valence electrons. The Morgan fingerprint density at radius 1 is 0.935 bits per heavy atom. The van der Waals surface area contributed by atoms with Gasteiger partial charge in [0.2, 0.25) is 0 Å². The van der Waals surface area contributed by atoms with E-state index in [0.29, 0.717) is 64.9 Å². The second-order valence-electron chi connectivity index (χ2n) is 16.4. The molecule has 0 aliphatic heterocycles. The summed E-state index contributed by atoms with van der Waals surface area (Å²) in [4.78, 5) is 24.0. The van der Waals surface area contributed by atoms with Gasteiger partial charge in [-0.3, -0.25) is 9.59 Å². The molecule has 4 fully saturated rings. The lowest BCUT2D eigenvalue weighted by atomic mass is 9.43. The molecule has 4 aliphatic carbocycles. The first-order chi connectivity index (χ1) is 21.9. The molecule has 4 saturated carbocycles. The predicted octanol–water partition coefficient (Wildman–Crippen LogP) is 5.06.